The number of para-hydroxylation sites is 3. The lowest BCUT2D eigenvalue weighted by Crippen LogP contribution is -2.56. The predicted molar refractivity (Wildman–Crippen MR) is 163 cm³/mol. The molecule has 0 aliphatic carbocycles. The highest BCUT2D eigenvalue weighted by atomic mass is 32.1. The Hall–Kier alpha value is -5.07. The van der Waals surface area contributed by atoms with Crippen molar-refractivity contribution < 1.29 is 14.3 Å². The van der Waals surface area contributed by atoms with Gasteiger partial charge in [0.25, 0.3) is 11.8 Å². The molecule has 0 saturated carbocycles. The normalized spacial score (nSPS) is 13.6. The predicted octanol–water partition coefficient (Wildman–Crippen LogP) is 7.17. The Morgan fingerprint density at radius 2 is 1.18 bits per heavy atom. The van der Waals surface area contributed by atoms with Crippen molar-refractivity contribution in [2.75, 3.05) is 9.80 Å². The molecule has 194 valence electrons. The number of rotatable bonds is 6. The van der Waals surface area contributed by atoms with Crippen LogP contribution in [0.25, 0.3) is 16.8 Å². The maximum Gasteiger partial charge on any atom is 0.270 e. The van der Waals surface area contributed by atoms with E-state index in [4.69, 9.17) is 17.0 Å². The molecule has 5 nitrogen and oxygen atoms in total. The topological polar surface area (TPSA) is 49.9 Å². The van der Waals surface area contributed by atoms with E-state index >= 15 is 0 Å². The number of nitrogens with zero attached hydrogens (tertiary/aromatic N) is 2. The molecule has 1 heterocycles. The zero-order valence-corrected chi connectivity index (χ0v) is 22.3. The second-order valence-corrected chi connectivity index (χ2v) is 9.62. The average Bonchev–Trinajstić information content (AvgIpc) is 3.00. The van der Waals surface area contributed by atoms with Crippen LogP contribution in [0.2, 0.25) is 0 Å². The molecule has 1 saturated heterocycles. The Balaban J connectivity index is 1.39. The van der Waals surface area contributed by atoms with Gasteiger partial charge in [-0.15, -0.1) is 0 Å². The Bertz CT molecular complexity index is 1700. The molecule has 6 rings (SSSR count). The van der Waals surface area contributed by atoms with Crippen LogP contribution in [0.4, 0.5) is 11.4 Å². The Kier molecular flexibility index (Phi) is 6.91. The van der Waals surface area contributed by atoms with Gasteiger partial charge >= 0.3 is 0 Å². The largest absolute Gasteiger partial charge is 0.488 e. The number of thiocarbonyl (C=S) groups is 1. The molecule has 1 aliphatic rings. The highest BCUT2D eigenvalue weighted by Crippen LogP contribution is 2.31. The molecule has 1 aliphatic heterocycles. The maximum atomic E-state index is 13.8. The molecule has 0 unspecified atom stereocenters. The van der Waals surface area contributed by atoms with E-state index in [2.05, 4.69) is 18.2 Å². The summed E-state index contributed by atoms with van der Waals surface area (Å²) in [5, 5.41) is 2.35. The summed E-state index contributed by atoms with van der Waals surface area (Å²) < 4.78 is 6.27. The molecular formula is C34H24N2O3S. The van der Waals surface area contributed by atoms with Gasteiger partial charge in [-0.3, -0.25) is 19.4 Å². The van der Waals surface area contributed by atoms with Crippen LogP contribution in [0.3, 0.4) is 0 Å². The van der Waals surface area contributed by atoms with Gasteiger partial charge in [0.1, 0.15) is 17.9 Å². The lowest BCUT2D eigenvalue weighted by molar-refractivity contribution is -0.120. The smallest absolute Gasteiger partial charge is 0.270 e. The van der Waals surface area contributed by atoms with E-state index in [1.54, 1.807) is 30.3 Å². The van der Waals surface area contributed by atoms with Crippen LogP contribution in [-0.2, 0) is 16.2 Å². The van der Waals surface area contributed by atoms with Crippen molar-refractivity contribution in [1.29, 1.82) is 0 Å². The first-order chi connectivity index (χ1) is 19.6. The molecule has 0 aromatic heterocycles. The summed E-state index contributed by atoms with van der Waals surface area (Å²) in [7, 11) is 0. The molecule has 0 atom stereocenters. The Labute approximate surface area is 237 Å². The second kappa shape index (κ2) is 11.0. The van der Waals surface area contributed by atoms with Crippen LogP contribution in [0.1, 0.15) is 11.1 Å². The first-order valence-electron chi connectivity index (χ1n) is 12.8. The number of hydrogen-bond acceptors (Lipinski definition) is 4. The van der Waals surface area contributed by atoms with E-state index in [0.717, 1.165) is 16.3 Å². The monoisotopic (exact) mass is 540 g/mol. The van der Waals surface area contributed by atoms with Gasteiger partial charge in [0.05, 0.1) is 11.4 Å². The van der Waals surface area contributed by atoms with E-state index in [9.17, 15) is 9.59 Å². The van der Waals surface area contributed by atoms with Crippen molar-refractivity contribution in [1.82, 2.24) is 0 Å². The van der Waals surface area contributed by atoms with E-state index in [-0.39, 0.29) is 10.7 Å². The summed E-state index contributed by atoms with van der Waals surface area (Å²) in [5.74, 6) is -0.413. The number of carbonyl (C=O) groups excluding carboxylic acids is 2. The minimum atomic E-state index is -0.489. The van der Waals surface area contributed by atoms with Crippen molar-refractivity contribution in [3.63, 3.8) is 0 Å². The number of fused-ring (bicyclic) bond motifs is 1. The van der Waals surface area contributed by atoms with Crippen molar-refractivity contribution in [2.45, 2.75) is 6.61 Å². The summed E-state index contributed by atoms with van der Waals surface area (Å²) in [6.45, 7) is 0.333. The summed E-state index contributed by atoms with van der Waals surface area (Å²) >= 11 is 5.70. The molecule has 5 aromatic rings. The summed E-state index contributed by atoms with van der Waals surface area (Å²) in [5.41, 5.74) is 2.81. The van der Waals surface area contributed by atoms with Crippen LogP contribution in [0.15, 0.2) is 133 Å². The van der Waals surface area contributed by atoms with Gasteiger partial charge in [-0.2, -0.15) is 0 Å². The molecule has 2 amide bonds. The third-order valence-electron chi connectivity index (χ3n) is 6.76. The van der Waals surface area contributed by atoms with Gasteiger partial charge in [-0.25, -0.2) is 0 Å². The zero-order chi connectivity index (χ0) is 27.5. The quantitative estimate of drug-likeness (QED) is 0.130. The number of hydrogen-bond donors (Lipinski definition) is 0. The van der Waals surface area contributed by atoms with Gasteiger partial charge in [-0.1, -0.05) is 97.1 Å². The molecule has 0 N–H and O–H groups in total. The molecule has 0 radical (unpaired) electrons. The maximum absolute atomic E-state index is 13.8. The minimum Gasteiger partial charge on any atom is -0.488 e. The third kappa shape index (κ3) is 4.77. The van der Waals surface area contributed by atoms with Gasteiger partial charge < -0.3 is 4.74 Å². The number of amides is 2. The van der Waals surface area contributed by atoms with Crippen LogP contribution >= 0.6 is 12.2 Å². The number of anilines is 2. The zero-order valence-electron chi connectivity index (χ0n) is 21.4. The number of carbonyl (C=O) groups is 2. The van der Waals surface area contributed by atoms with Crippen LogP contribution in [0.5, 0.6) is 5.75 Å². The highest BCUT2D eigenvalue weighted by Gasteiger charge is 2.41. The van der Waals surface area contributed by atoms with Crippen LogP contribution in [-0.4, -0.2) is 16.9 Å². The van der Waals surface area contributed by atoms with Gasteiger partial charge in [-0.05, 0) is 65.0 Å². The van der Waals surface area contributed by atoms with Crippen molar-refractivity contribution in [2.24, 2.45) is 0 Å². The van der Waals surface area contributed by atoms with Gasteiger partial charge in [0.15, 0.2) is 5.11 Å². The first kappa shape index (κ1) is 25.2. The lowest BCUT2D eigenvalue weighted by atomic mass is 10.0. The fraction of sp³-hybridized carbons (Fsp3) is 0.0294. The highest BCUT2D eigenvalue weighted by molar-refractivity contribution is 7.81. The lowest BCUT2D eigenvalue weighted by Gasteiger charge is -2.36. The van der Waals surface area contributed by atoms with Crippen LogP contribution < -0.4 is 14.5 Å². The molecule has 0 bridgehead atoms. The van der Waals surface area contributed by atoms with Gasteiger partial charge in [0.2, 0.25) is 0 Å². The van der Waals surface area contributed by atoms with E-state index < -0.39 is 11.8 Å². The van der Waals surface area contributed by atoms with E-state index in [0.29, 0.717) is 29.3 Å². The van der Waals surface area contributed by atoms with Crippen molar-refractivity contribution >= 4 is 57.4 Å². The van der Waals surface area contributed by atoms with Crippen molar-refractivity contribution in [3.05, 3.63) is 144 Å². The first-order valence-corrected chi connectivity index (χ1v) is 13.3. The summed E-state index contributed by atoms with van der Waals surface area (Å²) in [4.78, 5) is 30.5. The average molecular weight is 541 g/mol. The minimum absolute atomic E-state index is 0.0116. The molecule has 5 aromatic carbocycles. The Morgan fingerprint density at radius 3 is 1.85 bits per heavy atom. The fourth-order valence-corrected chi connectivity index (χ4v) is 5.18. The molecule has 6 heteroatoms. The molecule has 0 spiro atoms. The number of benzene rings is 5. The Morgan fingerprint density at radius 1 is 0.625 bits per heavy atom. The van der Waals surface area contributed by atoms with E-state index in [1.165, 1.54) is 9.80 Å². The summed E-state index contributed by atoms with van der Waals surface area (Å²) in [6.07, 6.45) is 1.59. The fourth-order valence-electron chi connectivity index (χ4n) is 4.80. The van der Waals surface area contributed by atoms with Crippen molar-refractivity contribution in [3.8, 4) is 5.75 Å². The molecule has 40 heavy (non-hydrogen) atoms. The summed E-state index contributed by atoms with van der Waals surface area (Å²) in [6, 6.07) is 39.9. The third-order valence-corrected chi connectivity index (χ3v) is 7.13. The molecular weight excluding hydrogens is 516 g/mol. The second-order valence-electron chi connectivity index (χ2n) is 9.26. The van der Waals surface area contributed by atoms with Crippen LogP contribution in [0, 0.1) is 0 Å². The number of ether oxygens (including phenoxy) is 1. The van der Waals surface area contributed by atoms with Gasteiger partial charge in [0, 0.05) is 5.56 Å². The molecule has 1 fully saturated rings. The van der Waals surface area contributed by atoms with E-state index in [1.807, 2.05) is 84.9 Å². The standard InChI is InChI=1S/C34H24N2O3S/c37-32-30(33(38)36(28-18-5-2-6-19-28)34(40)35(32)27-16-3-1-4-17-27)22-25-13-8-10-21-31(25)39-23-26-15-11-14-24-12-7-9-20-29(24)26/h1-22H,23H2. The SMILES string of the molecule is O=C1C(=Cc2ccccc2OCc2cccc3ccccc23)C(=O)N(c2ccccc2)C(=S)N1c1ccccc1.